The number of anilines is 1. The molecular formula is C27H28N4O6. The zero-order valence-electron chi connectivity index (χ0n) is 20.6. The topological polar surface area (TPSA) is 108 Å². The molecule has 0 saturated carbocycles. The van der Waals surface area contributed by atoms with Gasteiger partial charge in [0.2, 0.25) is 24.5 Å². The highest BCUT2D eigenvalue weighted by molar-refractivity contribution is 6.11. The Morgan fingerprint density at radius 2 is 1.62 bits per heavy atom. The highest BCUT2D eigenvalue weighted by Gasteiger charge is 2.42. The summed E-state index contributed by atoms with van der Waals surface area (Å²) in [6, 6.07) is 10.2. The molecule has 0 unspecified atom stereocenters. The SMILES string of the molecule is CC(=O)N1CCC(C(=O)N2CCN3C(=O)c4cc(-c5ccc6c(c5)OCO6)ccc4NC(=O)[C@H]3C2)CC1. The molecule has 2 saturated heterocycles. The van der Waals surface area contributed by atoms with Crippen molar-refractivity contribution in [3.05, 3.63) is 42.0 Å². The van der Waals surface area contributed by atoms with E-state index in [0.29, 0.717) is 55.2 Å². The average molecular weight is 505 g/mol. The Kier molecular flexibility index (Phi) is 5.73. The van der Waals surface area contributed by atoms with Gasteiger partial charge in [-0.15, -0.1) is 0 Å². The molecule has 0 aromatic heterocycles. The molecule has 1 atom stereocenters. The van der Waals surface area contributed by atoms with Crippen LogP contribution in [0.5, 0.6) is 11.5 Å². The van der Waals surface area contributed by atoms with E-state index >= 15 is 0 Å². The monoisotopic (exact) mass is 504 g/mol. The summed E-state index contributed by atoms with van der Waals surface area (Å²) in [6.45, 7) is 3.66. The number of fused-ring (bicyclic) bond motifs is 3. The zero-order chi connectivity index (χ0) is 25.7. The summed E-state index contributed by atoms with van der Waals surface area (Å²) in [5, 5.41) is 2.90. The first-order valence-corrected chi connectivity index (χ1v) is 12.6. The molecule has 2 aromatic carbocycles. The molecule has 2 aromatic rings. The fourth-order valence-corrected chi connectivity index (χ4v) is 5.61. The number of carbonyl (C=O) groups is 4. The number of nitrogens with one attached hydrogen (secondary N) is 1. The minimum atomic E-state index is -0.760. The second-order valence-electron chi connectivity index (χ2n) is 9.90. The standard InChI is InChI=1S/C27H28N4O6/c1-16(32)29-8-6-17(7-9-29)26(34)30-10-11-31-22(14-30)25(33)28-21-4-2-18(12-20(21)27(31)35)19-3-5-23-24(13-19)37-15-36-23/h2-5,12-13,17,22H,6-11,14-15H2,1H3,(H,28,33)/t22-/m1/s1. The van der Waals surface area contributed by atoms with Crippen LogP contribution in [0.2, 0.25) is 0 Å². The van der Waals surface area contributed by atoms with E-state index in [1.54, 1.807) is 33.8 Å². The molecular weight excluding hydrogens is 476 g/mol. The second-order valence-corrected chi connectivity index (χ2v) is 9.90. The van der Waals surface area contributed by atoms with Crippen molar-refractivity contribution in [3.8, 4) is 22.6 Å². The van der Waals surface area contributed by atoms with Gasteiger partial charge in [0.1, 0.15) is 6.04 Å². The number of hydrogen-bond acceptors (Lipinski definition) is 6. The predicted octanol–water partition coefficient (Wildman–Crippen LogP) is 1.95. The summed E-state index contributed by atoms with van der Waals surface area (Å²) in [4.78, 5) is 56.7. The fourth-order valence-electron chi connectivity index (χ4n) is 5.61. The number of rotatable bonds is 2. The third-order valence-corrected chi connectivity index (χ3v) is 7.76. The number of hydrogen-bond donors (Lipinski definition) is 1. The number of nitrogens with zero attached hydrogens (tertiary/aromatic N) is 3. The van der Waals surface area contributed by atoms with E-state index in [1.807, 2.05) is 24.3 Å². The largest absolute Gasteiger partial charge is 0.454 e. The molecule has 4 aliphatic heterocycles. The van der Waals surface area contributed by atoms with Gasteiger partial charge in [0.25, 0.3) is 5.91 Å². The molecule has 1 N–H and O–H groups in total. The zero-order valence-corrected chi connectivity index (χ0v) is 20.6. The number of ether oxygens (including phenoxy) is 2. The van der Waals surface area contributed by atoms with Crippen LogP contribution < -0.4 is 14.8 Å². The van der Waals surface area contributed by atoms with Crippen molar-refractivity contribution in [1.82, 2.24) is 14.7 Å². The summed E-state index contributed by atoms with van der Waals surface area (Å²) in [6.07, 6.45) is 1.23. The van der Waals surface area contributed by atoms with Crippen LogP contribution in [0.25, 0.3) is 11.1 Å². The van der Waals surface area contributed by atoms with Crippen LogP contribution in [-0.4, -0.2) is 83.9 Å². The Bertz CT molecular complexity index is 1300. The van der Waals surface area contributed by atoms with Crippen LogP contribution in [0.1, 0.15) is 30.1 Å². The number of piperazine rings is 1. The Morgan fingerprint density at radius 1 is 0.892 bits per heavy atom. The molecule has 192 valence electrons. The van der Waals surface area contributed by atoms with Gasteiger partial charge in [-0.1, -0.05) is 12.1 Å². The van der Waals surface area contributed by atoms with Gasteiger partial charge in [-0.25, -0.2) is 0 Å². The van der Waals surface area contributed by atoms with E-state index in [2.05, 4.69) is 5.32 Å². The molecule has 4 amide bonds. The van der Waals surface area contributed by atoms with Gasteiger partial charge in [-0.05, 0) is 48.2 Å². The van der Waals surface area contributed by atoms with Crippen LogP contribution in [0, 0.1) is 5.92 Å². The quantitative estimate of drug-likeness (QED) is 0.670. The minimum absolute atomic E-state index is 0.00467. The van der Waals surface area contributed by atoms with Crippen LogP contribution in [0.3, 0.4) is 0 Å². The first-order chi connectivity index (χ1) is 17.9. The molecule has 0 radical (unpaired) electrons. The molecule has 0 spiro atoms. The maximum Gasteiger partial charge on any atom is 0.256 e. The molecule has 6 rings (SSSR count). The predicted molar refractivity (Wildman–Crippen MR) is 133 cm³/mol. The van der Waals surface area contributed by atoms with Crippen molar-refractivity contribution in [1.29, 1.82) is 0 Å². The van der Waals surface area contributed by atoms with Crippen LogP contribution in [0.15, 0.2) is 36.4 Å². The molecule has 4 aliphatic rings. The molecule has 0 aliphatic carbocycles. The molecule has 0 bridgehead atoms. The highest BCUT2D eigenvalue weighted by atomic mass is 16.7. The molecule has 10 heteroatoms. The van der Waals surface area contributed by atoms with E-state index in [-0.39, 0.29) is 49.4 Å². The number of benzene rings is 2. The Morgan fingerprint density at radius 3 is 2.41 bits per heavy atom. The van der Waals surface area contributed by atoms with Gasteiger partial charge >= 0.3 is 0 Å². The van der Waals surface area contributed by atoms with Crippen molar-refractivity contribution < 1.29 is 28.7 Å². The maximum absolute atomic E-state index is 13.6. The Hall–Kier alpha value is -4.08. The fraction of sp³-hybridized carbons (Fsp3) is 0.407. The first-order valence-electron chi connectivity index (χ1n) is 12.6. The van der Waals surface area contributed by atoms with Crippen molar-refractivity contribution in [3.63, 3.8) is 0 Å². The van der Waals surface area contributed by atoms with Crippen molar-refractivity contribution in [2.75, 3.05) is 44.8 Å². The van der Waals surface area contributed by atoms with Gasteiger partial charge in [0, 0.05) is 39.0 Å². The van der Waals surface area contributed by atoms with Crippen molar-refractivity contribution in [2.24, 2.45) is 5.92 Å². The summed E-state index contributed by atoms with van der Waals surface area (Å²) < 4.78 is 10.9. The van der Waals surface area contributed by atoms with E-state index in [9.17, 15) is 19.2 Å². The summed E-state index contributed by atoms with van der Waals surface area (Å²) in [5.41, 5.74) is 2.58. The summed E-state index contributed by atoms with van der Waals surface area (Å²) in [7, 11) is 0. The van der Waals surface area contributed by atoms with Crippen LogP contribution in [-0.2, 0) is 14.4 Å². The third-order valence-electron chi connectivity index (χ3n) is 7.76. The van der Waals surface area contributed by atoms with E-state index in [1.165, 1.54) is 0 Å². The highest BCUT2D eigenvalue weighted by Crippen LogP contribution is 2.37. The second kappa shape index (κ2) is 9.10. The minimum Gasteiger partial charge on any atom is -0.454 e. The Labute approximate surface area is 214 Å². The molecule has 10 nitrogen and oxygen atoms in total. The third kappa shape index (κ3) is 4.16. The lowest BCUT2D eigenvalue weighted by molar-refractivity contribution is -0.143. The number of likely N-dealkylation sites (tertiary alicyclic amines) is 1. The summed E-state index contributed by atoms with van der Waals surface area (Å²) >= 11 is 0. The Balaban J connectivity index is 1.20. The van der Waals surface area contributed by atoms with Crippen molar-refractivity contribution >= 4 is 29.3 Å². The van der Waals surface area contributed by atoms with Crippen molar-refractivity contribution in [2.45, 2.75) is 25.8 Å². The molecule has 4 heterocycles. The van der Waals surface area contributed by atoms with Crippen LogP contribution >= 0.6 is 0 Å². The lowest BCUT2D eigenvalue weighted by Gasteiger charge is -2.41. The van der Waals surface area contributed by atoms with E-state index in [0.717, 1.165) is 11.1 Å². The maximum atomic E-state index is 13.6. The lowest BCUT2D eigenvalue weighted by atomic mass is 9.94. The smallest absolute Gasteiger partial charge is 0.256 e. The normalized spacial score (nSPS) is 21.2. The van der Waals surface area contributed by atoms with Gasteiger partial charge in [0.15, 0.2) is 11.5 Å². The summed E-state index contributed by atoms with van der Waals surface area (Å²) in [5.74, 6) is 0.647. The van der Waals surface area contributed by atoms with Gasteiger partial charge < -0.3 is 29.5 Å². The molecule has 37 heavy (non-hydrogen) atoms. The van der Waals surface area contributed by atoms with Gasteiger partial charge in [-0.2, -0.15) is 0 Å². The first kappa shape index (κ1) is 23.3. The van der Waals surface area contributed by atoms with Gasteiger partial charge in [0.05, 0.1) is 17.8 Å². The molecule has 2 fully saturated rings. The number of piperidine rings is 1. The lowest BCUT2D eigenvalue weighted by Crippen LogP contribution is -2.60. The van der Waals surface area contributed by atoms with Crippen LogP contribution in [0.4, 0.5) is 5.69 Å². The van der Waals surface area contributed by atoms with Gasteiger partial charge in [-0.3, -0.25) is 19.2 Å². The van der Waals surface area contributed by atoms with E-state index < -0.39 is 6.04 Å². The average Bonchev–Trinajstić information content (AvgIpc) is 3.36. The number of carbonyl (C=O) groups excluding carboxylic acids is 4. The van der Waals surface area contributed by atoms with E-state index in [4.69, 9.17) is 9.47 Å². The number of amides is 4.